The highest BCUT2D eigenvalue weighted by Crippen LogP contribution is 2.32. The molecule has 1 aliphatic heterocycles. The van der Waals surface area contributed by atoms with Gasteiger partial charge in [-0.1, -0.05) is 18.2 Å². The third-order valence-electron chi connectivity index (χ3n) is 4.35. The fourth-order valence-corrected chi connectivity index (χ4v) is 3.21. The molecule has 1 aliphatic carbocycles. The maximum absolute atomic E-state index is 12.1. The Morgan fingerprint density at radius 2 is 2.10 bits per heavy atom. The van der Waals surface area contributed by atoms with Gasteiger partial charge in [-0.05, 0) is 31.9 Å². The van der Waals surface area contributed by atoms with E-state index >= 15 is 0 Å². The molecular formula is C17H19N3O. The van der Waals surface area contributed by atoms with Crippen LogP contribution in [0.4, 0.5) is 5.69 Å². The molecule has 1 saturated carbocycles. The van der Waals surface area contributed by atoms with Crippen LogP contribution in [0.1, 0.15) is 25.0 Å². The average molecular weight is 281 g/mol. The Labute approximate surface area is 124 Å². The molecular weight excluding hydrogens is 262 g/mol. The molecule has 0 spiro atoms. The lowest BCUT2D eigenvalue weighted by Crippen LogP contribution is -2.29. The van der Waals surface area contributed by atoms with Crippen molar-refractivity contribution in [3.63, 3.8) is 0 Å². The van der Waals surface area contributed by atoms with Crippen molar-refractivity contribution >= 4 is 22.5 Å². The number of rotatable bonds is 3. The zero-order chi connectivity index (χ0) is 14.4. The van der Waals surface area contributed by atoms with Gasteiger partial charge in [-0.15, -0.1) is 0 Å². The third-order valence-corrected chi connectivity index (χ3v) is 4.35. The SMILES string of the molecule is Cc1cc(NC2CC(=O)N(C3CC3)C2)c2ccccc2n1. The second-order valence-corrected chi connectivity index (χ2v) is 6.15. The number of para-hydroxylation sites is 1. The van der Waals surface area contributed by atoms with Crippen LogP contribution in [0.25, 0.3) is 10.9 Å². The number of nitrogens with zero attached hydrogens (tertiary/aromatic N) is 2. The number of hydrogen-bond donors (Lipinski definition) is 1. The smallest absolute Gasteiger partial charge is 0.225 e. The van der Waals surface area contributed by atoms with Gasteiger partial charge in [-0.3, -0.25) is 9.78 Å². The Morgan fingerprint density at radius 1 is 1.29 bits per heavy atom. The Kier molecular flexibility index (Phi) is 2.84. The van der Waals surface area contributed by atoms with E-state index in [0.29, 0.717) is 18.4 Å². The molecule has 2 fully saturated rings. The Bertz CT molecular complexity index is 708. The number of likely N-dealkylation sites (tertiary alicyclic amines) is 1. The van der Waals surface area contributed by atoms with E-state index in [9.17, 15) is 4.79 Å². The number of fused-ring (bicyclic) bond motifs is 1. The van der Waals surface area contributed by atoms with E-state index in [-0.39, 0.29) is 6.04 Å². The maximum atomic E-state index is 12.1. The molecule has 1 saturated heterocycles. The number of hydrogen-bond acceptors (Lipinski definition) is 3. The van der Waals surface area contributed by atoms with Crippen LogP contribution in [0.15, 0.2) is 30.3 Å². The summed E-state index contributed by atoms with van der Waals surface area (Å²) in [4.78, 5) is 18.7. The first-order chi connectivity index (χ1) is 10.2. The molecule has 0 radical (unpaired) electrons. The molecule has 108 valence electrons. The van der Waals surface area contributed by atoms with Crippen molar-refractivity contribution in [1.82, 2.24) is 9.88 Å². The molecule has 1 aromatic heterocycles. The van der Waals surface area contributed by atoms with Gasteiger partial charge >= 0.3 is 0 Å². The fourth-order valence-electron chi connectivity index (χ4n) is 3.21. The molecule has 1 unspecified atom stereocenters. The minimum atomic E-state index is 0.211. The first-order valence-corrected chi connectivity index (χ1v) is 7.63. The zero-order valence-electron chi connectivity index (χ0n) is 12.2. The van der Waals surface area contributed by atoms with Gasteiger partial charge in [0.15, 0.2) is 0 Å². The minimum absolute atomic E-state index is 0.211. The van der Waals surface area contributed by atoms with Gasteiger partial charge in [-0.25, -0.2) is 0 Å². The van der Waals surface area contributed by atoms with Crippen LogP contribution in [0.5, 0.6) is 0 Å². The molecule has 2 heterocycles. The minimum Gasteiger partial charge on any atom is -0.379 e. The van der Waals surface area contributed by atoms with Crippen LogP contribution in [-0.2, 0) is 4.79 Å². The highest BCUT2D eigenvalue weighted by atomic mass is 16.2. The molecule has 2 aliphatic rings. The monoisotopic (exact) mass is 281 g/mol. The van der Waals surface area contributed by atoms with Gasteiger partial charge in [0, 0.05) is 35.8 Å². The first-order valence-electron chi connectivity index (χ1n) is 7.63. The second kappa shape index (κ2) is 4.72. The molecule has 4 nitrogen and oxygen atoms in total. The van der Waals surface area contributed by atoms with Crippen LogP contribution in [0, 0.1) is 6.92 Å². The lowest BCUT2D eigenvalue weighted by molar-refractivity contribution is -0.128. The second-order valence-electron chi connectivity index (χ2n) is 6.15. The number of anilines is 1. The van der Waals surface area contributed by atoms with Crippen molar-refractivity contribution in [2.24, 2.45) is 0 Å². The molecule has 1 aromatic carbocycles. The van der Waals surface area contributed by atoms with Crippen LogP contribution in [0.2, 0.25) is 0 Å². The Hall–Kier alpha value is -2.10. The van der Waals surface area contributed by atoms with Crippen LogP contribution >= 0.6 is 0 Å². The van der Waals surface area contributed by atoms with Crippen molar-refractivity contribution in [1.29, 1.82) is 0 Å². The first kappa shape index (κ1) is 12.6. The van der Waals surface area contributed by atoms with Crippen molar-refractivity contribution in [3.8, 4) is 0 Å². The van der Waals surface area contributed by atoms with Crippen LogP contribution in [0.3, 0.4) is 0 Å². The lowest BCUT2D eigenvalue weighted by atomic mass is 10.1. The number of amides is 1. The number of pyridine rings is 1. The fraction of sp³-hybridized carbons (Fsp3) is 0.412. The quantitative estimate of drug-likeness (QED) is 0.941. The van der Waals surface area contributed by atoms with Gasteiger partial charge in [0.2, 0.25) is 5.91 Å². The average Bonchev–Trinajstić information content (AvgIpc) is 3.23. The van der Waals surface area contributed by atoms with Crippen LogP contribution < -0.4 is 5.32 Å². The summed E-state index contributed by atoms with van der Waals surface area (Å²) in [6, 6.07) is 11.0. The molecule has 1 N–H and O–H groups in total. The van der Waals surface area contributed by atoms with Crippen molar-refractivity contribution in [2.75, 3.05) is 11.9 Å². The summed E-state index contributed by atoms with van der Waals surface area (Å²) in [6.07, 6.45) is 2.96. The van der Waals surface area contributed by atoms with Gasteiger partial charge < -0.3 is 10.2 Å². The topological polar surface area (TPSA) is 45.2 Å². The predicted molar refractivity (Wildman–Crippen MR) is 83.2 cm³/mol. The van der Waals surface area contributed by atoms with E-state index in [2.05, 4.69) is 22.4 Å². The predicted octanol–water partition coefficient (Wildman–Crippen LogP) is 2.72. The normalized spacial score (nSPS) is 22.0. The number of aromatic nitrogens is 1. The van der Waals surface area contributed by atoms with E-state index in [1.54, 1.807) is 0 Å². The van der Waals surface area contributed by atoms with Crippen LogP contribution in [-0.4, -0.2) is 34.4 Å². The number of carbonyl (C=O) groups excluding carboxylic acids is 1. The highest BCUT2D eigenvalue weighted by Gasteiger charge is 2.39. The van der Waals surface area contributed by atoms with Gasteiger partial charge in [0.25, 0.3) is 0 Å². The summed E-state index contributed by atoms with van der Waals surface area (Å²) in [7, 11) is 0. The largest absolute Gasteiger partial charge is 0.379 e. The summed E-state index contributed by atoms with van der Waals surface area (Å²) in [5, 5.41) is 4.69. The molecule has 2 aromatic rings. The molecule has 21 heavy (non-hydrogen) atoms. The molecule has 4 rings (SSSR count). The van der Waals surface area contributed by atoms with E-state index in [1.165, 1.54) is 12.8 Å². The number of aryl methyl sites for hydroxylation is 1. The van der Waals surface area contributed by atoms with E-state index < -0.39 is 0 Å². The van der Waals surface area contributed by atoms with Crippen molar-refractivity contribution in [3.05, 3.63) is 36.0 Å². The van der Waals surface area contributed by atoms with Crippen molar-refractivity contribution < 1.29 is 4.79 Å². The maximum Gasteiger partial charge on any atom is 0.225 e. The van der Waals surface area contributed by atoms with Gasteiger partial charge in [-0.2, -0.15) is 0 Å². The molecule has 0 bridgehead atoms. The van der Waals surface area contributed by atoms with E-state index in [4.69, 9.17) is 0 Å². The molecule has 4 heteroatoms. The summed E-state index contributed by atoms with van der Waals surface area (Å²) in [5.41, 5.74) is 3.09. The standard InChI is InChI=1S/C17H19N3O/c1-11-8-16(14-4-2-3-5-15(14)18-11)19-12-9-17(21)20(10-12)13-6-7-13/h2-5,8,12-13H,6-7,9-10H2,1H3,(H,18,19). The summed E-state index contributed by atoms with van der Waals surface area (Å²) >= 11 is 0. The number of benzene rings is 1. The molecule has 1 amide bonds. The van der Waals surface area contributed by atoms with E-state index in [0.717, 1.165) is 28.8 Å². The van der Waals surface area contributed by atoms with Crippen molar-refractivity contribution in [2.45, 2.75) is 38.3 Å². The summed E-state index contributed by atoms with van der Waals surface area (Å²) in [6.45, 7) is 2.84. The Morgan fingerprint density at radius 3 is 2.90 bits per heavy atom. The summed E-state index contributed by atoms with van der Waals surface area (Å²) in [5.74, 6) is 0.296. The summed E-state index contributed by atoms with van der Waals surface area (Å²) < 4.78 is 0. The lowest BCUT2D eigenvalue weighted by Gasteiger charge is -2.18. The van der Waals surface area contributed by atoms with Gasteiger partial charge in [0.1, 0.15) is 0 Å². The number of nitrogens with one attached hydrogen (secondary N) is 1. The number of carbonyl (C=O) groups is 1. The third kappa shape index (κ3) is 2.35. The van der Waals surface area contributed by atoms with Gasteiger partial charge in [0.05, 0.1) is 11.6 Å². The van der Waals surface area contributed by atoms with E-state index in [1.807, 2.05) is 30.0 Å². The zero-order valence-corrected chi connectivity index (χ0v) is 12.2. The molecule has 1 atom stereocenters. The Balaban J connectivity index is 1.61. The highest BCUT2D eigenvalue weighted by molar-refractivity contribution is 5.92.